The van der Waals surface area contributed by atoms with E-state index >= 15 is 0 Å². The van der Waals surface area contributed by atoms with Crippen LogP contribution in [0.25, 0.3) is 0 Å². The Morgan fingerprint density at radius 3 is 1.54 bits per heavy atom. The lowest BCUT2D eigenvalue weighted by Crippen LogP contribution is -2.64. The molecule has 0 N–H and O–H groups in total. The van der Waals surface area contributed by atoms with Crippen LogP contribution in [0, 0.1) is 0 Å². The van der Waals surface area contributed by atoms with Crippen molar-refractivity contribution in [3.63, 3.8) is 0 Å². The van der Waals surface area contributed by atoms with Crippen LogP contribution in [0.3, 0.4) is 0 Å². The molecule has 1 atom stereocenters. The van der Waals surface area contributed by atoms with Crippen LogP contribution >= 0.6 is 0 Å². The van der Waals surface area contributed by atoms with Gasteiger partial charge in [-0.15, -0.1) is 3.89 Å². The average molecular weight is 398 g/mol. The normalized spacial score (nSPS) is 16.7. The summed E-state index contributed by atoms with van der Waals surface area (Å²) in [5.74, 6) is -22.2. The Hall–Kier alpha value is -1.54. The van der Waals surface area contributed by atoms with Crippen molar-refractivity contribution < 1.29 is 61.8 Å². The monoisotopic (exact) mass is 398 g/mol. The van der Waals surface area contributed by atoms with Gasteiger partial charge in [0.15, 0.2) is 0 Å². The maximum atomic E-state index is 13.9. The van der Waals surface area contributed by atoms with E-state index in [1.807, 2.05) is 0 Å². The lowest BCUT2D eigenvalue weighted by molar-refractivity contribution is -0.344. The largest absolute Gasteiger partial charge is 0.460 e. The van der Waals surface area contributed by atoms with Gasteiger partial charge in [-0.1, -0.05) is 0 Å². The average Bonchev–Trinajstić information content (AvgIpc) is 2.32. The summed E-state index contributed by atoms with van der Waals surface area (Å²) < 4.78 is 139. The minimum absolute atomic E-state index is 0.816. The molecule has 24 heavy (non-hydrogen) atoms. The van der Waals surface area contributed by atoms with Gasteiger partial charge in [0, 0.05) is 0 Å². The summed E-state index contributed by atoms with van der Waals surface area (Å²) in [6.07, 6.45) is -8.73. The van der Waals surface area contributed by atoms with Crippen LogP contribution < -0.4 is 0 Å². The van der Waals surface area contributed by atoms with Gasteiger partial charge in [-0.05, 0) is 13.8 Å². The van der Waals surface area contributed by atoms with Gasteiger partial charge in [0.25, 0.3) is 5.78 Å². The number of Topliss-reactive ketones (excluding diaryl/α,β-unsaturated/α-hetero) is 1. The number of ether oxygens (including phenoxy) is 1. The third-order valence-electron chi connectivity index (χ3n) is 2.27. The lowest BCUT2D eigenvalue weighted by atomic mass is 10.0. The number of carbonyl (C=O) groups is 2. The third kappa shape index (κ3) is 3.44. The molecule has 0 aromatic carbocycles. The second kappa shape index (κ2) is 6.07. The zero-order valence-corrected chi connectivity index (χ0v) is 12.2. The number of esters is 1. The summed E-state index contributed by atoms with van der Waals surface area (Å²) in [7, 11) is -7.37. The Morgan fingerprint density at radius 2 is 1.29 bits per heavy atom. The smallest absolute Gasteiger partial charge is 0.459 e. The van der Waals surface area contributed by atoms with Crippen LogP contribution in [0.5, 0.6) is 0 Å². The maximum Gasteiger partial charge on any atom is 0.460 e. The Morgan fingerprint density at radius 1 is 0.917 bits per heavy atom. The lowest BCUT2D eigenvalue weighted by Gasteiger charge is -2.30. The highest BCUT2D eigenvalue weighted by atomic mass is 32.3. The molecule has 0 saturated heterocycles. The van der Waals surface area contributed by atoms with Crippen LogP contribution in [-0.4, -0.2) is 49.3 Å². The summed E-state index contributed by atoms with van der Waals surface area (Å²) in [5.41, 5.74) is 0. The first kappa shape index (κ1) is 22.5. The number of rotatable bonds is 6. The second-order valence-electron chi connectivity index (χ2n) is 4.46. The van der Waals surface area contributed by atoms with Crippen LogP contribution in [0.2, 0.25) is 0 Å². The fraction of sp³-hybridized carbons (Fsp3) is 0.778. The van der Waals surface area contributed by atoms with Gasteiger partial charge in [-0.3, -0.25) is 4.79 Å². The molecule has 0 fully saturated rings. The first-order chi connectivity index (χ1) is 10.2. The van der Waals surface area contributed by atoms with Gasteiger partial charge < -0.3 is 4.74 Å². The Labute approximate surface area is 128 Å². The molecule has 15 heteroatoms. The molecule has 1 unspecified atom stereocenters. The molecular weight excluding hydrogens is 391 g/mol. The van der Waals surface area contributed by atoms with Gasteiger partial charge in [0.05, 0.1) is 6.10 Å². The SMILES string of the molecule is CC(C)OC(=O)C(F)(C(=O)C(F)(F)C(F)(F)C(F)(F)F)S(=O)(=O)F. The minimum Gasteiger partial charge on any atom is -0.459 e. The number of alkyl halides is 8. The fourth-order valence-electron chi connectivity index (χ4n) is 1.12. The molecule has 0 aliphatic heterocycles. The van der Waals surface area contributed by atoms with Crippen molar-refractivity contribution in [2.75, 3.05) is 0 Å². The summed E-state index contributed by atoms with van der Waals surface area (Å²) in [4.78, 5) is 22.1. The third-order valence-corrected chi connectivity index (χ3v) is 3.29. The molecule has 0 aliphatic rings. The standard InChI is InChI=1S/C9H7F9O5S/c1-3(2)23-5(20)6(10,24(18,21)22)4(19)7(11,12)8(13,14)9(15,16)17/h3H,1-2H3. The van der Waals surface area contributed by atoms with E-state index < -0.39 is 51.1 Å². The predicted octanol–water partition coefficient (Wildman–Crippen LogP) is 2.31. The van der Waals surface area contributed by atoms with Gasteiger partial charge in [-0.2, -0.15) is 39.2 Å². The molecule has 0 heterocycles. The number of hydrogen-bond acceptors (Lipinski definition) is 5. The van der Waals surface area contributed by atoms with Gasteiger partial charge in [0.2, 0.25) is 0 Å². The number of carbonyl (C=O) groups excluding carboxylic acids is 2. The molecule has 0 radical (unpaired) electrons. The van der Waals surface area contributed by atoms with E-state index in [9.17, 15) is 57.0 Å². The molecule has 0 bridgehead atoms. The fourth-order valence-corrected chi connectivity index (χ4v) is 1.71. The maximum absolute atomic E-state index is 13.9. The molecule has 142 valence electrons. The molecule has 0 saturated carbocycles. The molecule has 0 rings (SSSR count). The number of ketones is 1. The minimum atomic E-state index is -7.37. The number of halogens is 9. The van der Waals surface area contributed by atoms with E-state index in [1.54, 1.807) is 0 Å². The Kier molecular flexibility index (Phi) is 5.68. The molecular formula is C9H7F9O5S. The zero-order valence-electron chi connectivity index (χ0n) is 11.4. The van der Waals surface area contributed by atoms with Crippen LogP contribution in [0.1, 0.15) is 13.8 Å². The molecule has 0 aromatic heterocycles. The van der Waals surface area contributed by atoms with Crippen molar-refractivity contribution in [1.82, 2.24) is 0 Å². The first-order valence-electron chi connectivity index (χ1n) is 5.46. The summed E-state index contributed by atoms with van der Waals surface area (Å²) >= 11 is 0. The van der Waals surface area contributed by atoms with Crippen molar-refractivity contribution in [3.05, 3.63) is 0 Å². The quantitative estimate of drug-likeness (QED) is 0.297. The van der Waals surface area contributed by atoms with E-state index in [4.69, 9.17) is 0 Å². The predicted molar refractivity (Wildman–Crippen MR) is 56.1 cm³/mol. The van der Waals surface area contributed by atoms with Crippen molar-refractivity contribution in [2.45, 2.75) is 43.0 Å². The van der Waals surface area contributed by atoms with Gasteiger partial charge >= 0.3 is 39.2 Å². The highest BCUT2D eigenvalue weighted by Gasteiger charge is 2.82. The van der Waals surface area contributed by atoms with Crippen LogP contribution in [-0.2, 0) is 24.5 Å². The Bertz CT molecular complexity index is 624. The summed E-state index contributed by atoms with van der Waals surface area (Å²) in [5, 5.41) is -6.13. The van der Waals surface area contributed by atoms with Crippen LogP contribution in [0.15, 0.2) is 0 Å². The Balaban J connectivity index is 6.40. The van der Waals surface area contributed by atoms with Gasteiger partial charge in [-0.25, -0.2) is 9.18 Å². The number of hydrogen-bond donors (Lipinski definition) is 0. The van der Waals surface area contributed by atoms with E-state index in [1.165, 1.54) is 0 Å². The molecule has 0 aliphatic carbocycles. The van der Waals surface area contributed by atoms with E-state index in [2.05, 4.69) is 4.74 Å². The summed E-state index contributed by atoms with van der Waals surface area (Å²) in [6, 6.07) is 0. The topological polar surface area (TPSA) is 77.5 Å². The summed E-state index contributed by atoms with van der Waals surface area (Å²) in [6.45, 7) is 1.63. The molecule has 0 amide bonds. The van der Waals surface area contributed by atoms with Crippen LogP contribution in [0.4, 0.5) is 39.0 Å². The highest BCUT2D eigenvalue weighted by molar-refractivity contribution is 7.89. The molecule has 0 aromatic rings. The van der Waals surface area contributed by atoms with Gasteiger partial charge in [0.1, 0.15) is 0 Å². The molecule has 0 spiro atoms. The van der Waals surface area contributed by atoms with Crippen molar-refractivity contribution in [2.24, 2.45) is 0 Å². The van der Waals surface area contributed by atoms with Crippen molar-refractivity contribution >= 4 is 22.0 Å². The molecule has 5 nitrogen and oxygen atoms in total. The van der Waals surface area contributed by atoms with E-state index in [-0.39, 0.29) is 0 Å². The second-order valence-corrected chi connectivity index (χ2v) is 5.90. The zero-order chi connectivity index (χ0) is 19.9. The van der Waals surface area contributed by atoms with E-state index in [0.717, 1.165) is 13.8 Å². The highest BCUT2D eigenvalue weighted by Crippen LogP contribution is 2.49. The van der Waals surface area contributed by atoms with Crippen molar-refractivity contribution in [3.8, 4) is 0 Å². The first-order valence-corrected chi connectivity index (χ1v) is 6.84. The van der Waals surface area contributed by atoms with E-state index in [0.29, 0.717) is 0 Å². The van der Waals surface area contributed by atoms with Crippen molar-refractivity contribution in [1.29, 1.82) is 0 Å².